The Morgan fingerprint density at radius 3 is 1.15 bits per heavy atom. The molecule has 3 aromatic carbocycles. The van der Waals surface area contributed by atoms with Crippen molar-refractivity contribution in [3.63, 3.8) is 0 Å². The number of carbonyl (C=O) groups is 7. The molecule has 3 aromatic rings. The van der Waals surface area contributed by atoms with Crippen molar-refractivity contribution in [2.75, 3.05) is 78.9 Å². The summed E-state index contributed by atoms with van der Waals surface area (Å²) in [5, 5.41) is 54.2. The van der Waals surface area contributed by atoms with Crippen LogP contribution in [0.25, 0.3) is 0 Å². The largest absolute Gasteiger partial charge is 0.481 e. The van der Waals surface area contributed by atoms with Gasteiger partial charge in [0.05, 0.1) is 54.3 Å². The molecule has 438 valence electrons. The van der Waals surface area contributed by atoms with Gasteiger partial charge in [0, 0.05) is 81.5 Å². The maximum Gasteiger partial charge on any atom is 0.303 e. The molecule has 0 fully saturated rings. The van der Waals surface area contributed by atoms with Gasteiger partial charge in [-0.2, -0.15) is 0 Å². The molecule has 3 rings (SSSR count). The summed E-state index contributed by atoms with van der Waals surface area (Å²) in [4.78, 5) is 86.9. The summed E-state index contributed by atoms with van der Waals surface area (Å²) in [5.74, 6) is -3.90. The summed E-state index contributed by atoms with van der Waals surface area (Å²) in [6.45, 7) is -0.0954. The number of carbonyl (C=O) groups excluding carboxylic acids is 6. The van der Waals surface area contributed by atoms with Gasteiger partial charge in [0.2, 0.25) is 47.8 Å². The van der Waals surface area contributed by atoms with Crippen LogP contribution in [-0.4, -0.2) is 168 Å². The number of benzene rings is 3. The Bertz CT molecular complexity index is 2710. The van der Waals surface area contributed by atoms with Crippen LogP contribution in [-0.2, 0) is 63.5 Å². The van der Waals surface area contributed by atoms with E-state index in [-0.39, 0.29) is 149 Å². The first-order valence-corrected chi connectivity index (χ1v) is 29.4. The minimum atomic E-state index is -3.93. The van der Waals surface area contributed by atoms with E-state index in [9.17, 15) is 63.9 Å². The highest BCUT2D eigenvalue weighted by atomic mass is 32.2. The number of hydrogen-bond donors (Lipinski definition) is 12. The fourth-order valence-electron chi connectivity index (χ4n) is 6.89. The molecule has 28 nitrogen and oxygen atoms in total. The van der Waals surface area contributed by atoms with Crippen molar-refractivity contribution in [1.82, 2.24) is 37.2 Å². The van der Waals surface area contributed by atoms with Crippen LogP contribution in [0.1, 0.15) is 88.9 Å². The van der Waals surface area contributed by atoms with E-state index in [2.05, 4.69) is 37.2 Å². The number of aliphatic hydroxyl groups is 1. The lowest BCUT2D eigenvalue weighted by molar-refractivity contribution is -0.137. The maximum atomic E-state index is 13.3. The van der Waals surface area contributed by atoms with Crippen LogP contribution in [0.15, 0.2) is 87.5 Å². The predicted molar refractivity (Wildman–Crippen MR) is 283 cm³/mol. The van der Waals surface area contributed by atoms with E-state index in [1.54, 1.807) is 0 Å². The van der Waals surface area contributed by atoms with Gasteiger partial charge in [0.15, 0.2) is 0 Å². The fourth-order valence-corrected chi connectivity index (χ4v) is 8.43. The van der Waals surface area contributed by atoms with Gasteiger partial charge < -0.3 is 56.3 Å². The number of primary sulfonamides is 3. The van der Waals surface area contributed by atoms with Crippen molar-refractivity contribution in [2.45, 2.75) is 84.2 Å². The number of rotatable bonds is 39. The molecule has 0 bridgehead atoms. The molecule has 0 heterocycles. The molecule has 0 aliphatic heterocycles. The molecule has 31 heteroatoms. The summed E-state index contributed by atoms with van der Waals surface area (Å²) in [6.07, 6.45) is -0.742. The Morgan fingerprint density at radius 1 is 0.456 bits per heavy atom. The van der Waals surface area contributed by atoms with Crippen LogP contribution in [0.4, 0.5) is 0 Å². The Hall–Kier alpha value is -6.52. The first-order chi connectivity index (χ1) is 37.3. The van der Waals surface area contributed by atoms with Crippen LogP contribution in [0.5, 0.6) is 0 Å². The number of ether oxygens (including phenoxy) is 3. The number of carboxylic acids is 1. The molecule has 0 aliphatic carbocycles. The van der Waals surface area contributed by atoms with E-state index >= 15 is 0 Å². The third-order valence-electron chi connectivity index (χ3n) is 11.1. The quantitative estimate of drug-likeness (QED) is 0.0214. The van der Waals surface area contributed by atoms with E-state index in [1.807, 2.05) is 0 Å². The summed E-state index contributed by atoms with van der Waals surface area (Å²) >= 11 is 0. The van der Waals surface area contributed by atoms with Crippen molar-refractivity contribution in [1.29, 1.82) is 0 Å². The third kappa shape index (κ3) is 27.3. The summed E-state index contributed by atoms with van der Waals surface area (Å²) < 4.78 is 86.7. The molecule has 79 heavy (non-hydrogen) atoms. The minimum Gasteiger partial charge on any atom is -0.481 e. The molecule has 0 spiro atoms. The van der Waals surface area contributed by atoms with Gasteiger partial charge in [-0.15, -0.1) is 0 Å². The predicted octanol–water partition coefficient (Wildman–Crippen LogP) is -2.14. The van der Waals surface area contributed by atoms with E-state index in [1.165, 1.54) is 72.8 Å². The number of nitrogens with one attached hydrogen (secondary N) is 7. The molecule has 0 saturated carbocycles. The number of aliphatic carboxylic acids is 1. The summed E-state index contributed by atoms with van der Waals surface area (Å²) in [7, 11) is -11.8. The molecule has 0 radical (unpaired) electrons. The molecular weight excluding hydrogens is 1100 g/mol. The van der Waals surface area contributed by atoms with Crippen molar-refractivity contribution in [2.24, 2.45) is 15.4 Å². The van der Waals surface area contributed by atoms with E-state index in [0.717, 1.165) is 0 Å². The average molecular weight is 1170 g/mol. The van der Waals surface area contributed by atoms with Gasteiger partial charge in [-0.25, -0.2) is 40.7 Å². The molecule has 0 aliphatic rings. The molecule has 1 unspecified atom stereocenters. The van der Waals surface area contributed by atoms with Gasteiger partial charge in [-0.05, 0) is 105 Å². The van der Waals surface area contributed by atoms with Gasteiger partial charge in [-0.3, -0.25) is 38.9 Å². The minimum absolute atomic E-state index is 0.00793. The zero-order valence-corrected chi connectivity index (χ0v) is 45.7. The number of amides is 6. The van der Waals surface area contributed by atoms with E-state index < -0.39 is 83.2 Å². The van der Waals surface area contributed by atoms with Crippen LogP contribution < -0.4 is 52.6 Å². The highest BCUT2D eigenvalue weighted by Gasteiger charge is 2.34. The second-order valence-electron chi connectivity index (χ2n) is 17.7. The molecule has 1 atom stereocenters. The van der Waals surface area contributed by atoms with Crippen molar-refractivity contribution in [3.8, 4) is 0 Å². The topological polar surface area (TPSA) is 452 Å². The first-order valence-electron chi connectivity index (χ1n) is 24.7. The smallest absolute Gasteiger partial charge is 0.303 e. The average Bonchev–Trinajstić information content (AvgIpc) is 3.39. The number of carboxylic acid groups (broad SMARTS) is 1. The first kappa shape index (κ1) is 66.8. The Morgan fingerprint density at radius 2 is 0.797 bits per heavy atom. The second kappa shape index (κ2) is 33.8. The molecule has 15 N–H and O–H groups in total. The summed E-state index contributed by atoms with van der Waals surface area (Å²) in [6, 6.07) is 15.1. The van der Waals surface area contributed by atoms with Gasteiger partial charge in [-0.1, -0.05) is 0 Å². The molecule has 6 amide bonds. The molecular formula is C48H70N10O18S3. The van der Waals surface area contributed by atoms with Crippen LogP contribution in [0, 0.1) is 0 Å². The van der Waals surface area contributed by atoms with Crippen LogP contribution >= 0.6 is 0 Å². The number of hydrogen-bond acceptors (Lipinski definition) is 18. The van der Waals surface area contributed by atoms with Crippen molar-refractivity contribution >= 4 is 71.5 Å². The molecule has 0 aromatic heterocycles. The lowest BCUT2D eigenvalue weighted by Crippen LogP contribution is -2.58. The maximum absolute atomic E-state index is 13.3. The standard InChI is InChI=1S/C48H70N10O18S3/c49-77(68,69)37-13-7-34(8-14-37)45(65)55-25-2-22-52-40(59)19-28-74-31-48(58-43(62)5-1-6-44(63)64,32-75-29-20-41(60)53-23-3-26-56-46(66)35-9-15-38(16-10-35)78(50,70)71)33-76-30-21-42(61)54-24-4-27-57-47(67)36-11-17-39(18-12-36)79(51,72)73/h7-18,40,52,59H,1-6,19-33H2,(H,53,60)(H,54,61)(H,55,65)(H,56,66)(H,57,67)(H,58,62)(H,63,64)(H2,49,68,69)(H2,50,70,71)(H2,51,72,73). The Balaban J connectivity index is 1.54. The Labute approximate surface area is 458 Å². The highest BCUT2D eigenvalue weighted by Crippen LogP contribution is 2.14. The van der Waals surface area contributed by atoms with Gasteiger partial charge in [0.25, 0.3) is 17.7 Å². The third-order valence-corrected chi connectivity index (χ3v) is 13.9. The number of sulfonamides is 3. The lowest BCUT2D eigenvalue weighted by atomic mass is 10.0. The summed E-state index contributed by atoms with van der Waals surface area (Å²) in [5.41, 5.74) is -0.856. The highest BCUT2D eigenvalue weighted by molar-refractivity contribution is 7.89. The van der Waals surface area contributed by atoms with Gasteiger partial charge >= 0.3 is 5.97 Å². The number of nitrogens with two attached hydrogens (primary N) is 3. The van der Waals surface area contributed by atoms with Crippen molar-refractivity contribution in [3.05, 3.63) is 89.5 Å². The van der Waals surface area contributed by atoms with E-state index in [4.69, 9.17) is 34.7 Å². The lowest BCUT2D eigenvalue weighted by Gasteiger charge is -2.34. The fraction of sp³-hybridized carbons (Fsp3) is 0.479. The van der Waals surface area contributed by atoms with Gasteiger partial charge in [0.1, 0.15) is 11.8 Å². The zero-order valence-electron chi connectivity index (χ0n) is 43.2. The molecule has 0 saturated heterocycles. The van der Waals surface area contributed by atoms with E-state index in [0.29, 0.717) is 19.3 Å². The van der Waals surface area contributed by atoms with Crippen LogP contribution in [0.2, 0.25) is 0 Å². The zero-order chi connectivity index (χ0) is 58.5. The SMILES string of the molecule is NS(=O)(=O)c1ccc(C(=O)NCCCNC(=O)CCOCC(COCCC(=O)NCCCNC(=O)c2ccc(S(N)(=O)=O)cc2)(COCCC(O)NCCCNC(=O)c2ccc(S(N)(=O)=O)cc2)NC(=O)CCCC(=O)O)cc1. The normalized spacial score (nSPS) is 12.2. The number of aliphatic hydroxyl groups excluding tert-OH is 1. The Kier molecular flexibility index (Phi) is 28.6. The van der Waals surface area contributed by atoms with Crippen LogP contribution in [0.3, 0.4) is 0 Å². The van der Waals surface area contributed by atoms with Crippen molar-refractivity contribution < 1.29 is 83.2 Å². The second-order valence-corrected chi connectivity index (χ2v) is 22.4. The monoisotopic (exact) mass is 1170 g/mol.